The van der Waals surface area contributed by atoms with Crippen molar-refractivity contribution >= 4 is 35.2 Å². The minimum absolute atomic E-state index is 0.301. The van der Waals surface area contributed by atoms with Gasteiger partial charge in [0, 0.05) is 43.0 Å². The highest BCUT2D eigenvalue weighted by Crippen LogP contribution is 2.19. The molecule has 0 atom stereocenters. The second-order valence-electron chi connectivity index (χ2n) is 7.67. The van der Waals surface area contributed by atoms with Gasteiger partial charge in [-0.1, -0.05) is 66.2 Å². The standard InChI is InChI=1S/C26H24ClN5O/c1-31(2)23-15-10-20(11-16-23)18-28-26-29-25(21-6-4-3-5-7-21)30-32(26)24(33)17-12-19-8-13-22(27)14-9-19/h3-17H,18H2,1-2H3,(H,28,29,30). The maximum Gasteiger partial charge on any atom is 0.274 e. The topological polar surface area (TPSA) is 63.0 Å². The average Bonchev–Trinajstić information content (AvgIpc) is 3.27. The molecule has 0 radical (unpaired) electrons. The molecule has 4 aromatic rings. The Morgan fingerprint density at radius 3 is 2.36 bits per heavy atom. The molecule has 1 N–H and O–H groups in total. The fourth-order valence-electron chi connectivity index (χ4n) is 3.19. The first-order valence-corrected chi connectivity index (χ1v) is 10.9. The van der Waals surface area contributed by atoms with E-state index >= 15 is 0 Å². The minimum atomic E-state index is -0.301. The van der Waals surface area contributed by atoms with Crippen molar-refractivity contribution in [1.29, 1.82) is 0 Å². The van der Waals surface area contributed by atoms with E-state index in [0.29, 0.717) is 23.3 Å². The summed E-state index contributed by atoms with van der Waals surface area (Å²) in [6.45, 7) is 0.509. The van der Waals surface area contributed by atoms with Gasteiger partial charge in [-0.3, -0.25) is 4.79 Å². The van der Waals surface area contributed by atoms with E-state index in [-0.39, 0.29) is 5.91 Å². The van der Waals surface area contributed by atoms with E-state index in [1.165, 1.54) is 10.8 Å². The molecular weight excluding hydrogens is 434 g/mol. The Balaban J connectivity index is 1.58. The van der Waals surface area contributed by atoms with Crippen LogP contribution in [0.5, 0.6) is 0 Å². The normalized spacial score (nSPS) is 11.0. The number of anilines is 2. The van der Waals surface area contributed by atoms with Gasteiger partial charge in [0.25, 0.3) is 5.91 Å². The molecule has 0 saturated carbocycles. The summed E-state index contributed by atoms with van der Waals surface area (Å²) in [4.78, 5) is 19.6. The van der Waals surface area contributed by atoms with Crippen molar-refractivity contribution in [2.75, 3.05) is 24.3 Å². The lowest BCUT2D eigenvalue weighted by Crippen LogP contribution is -2.14. The summed E-state index contributed by atoms with van der Waals surface area (Å²) in [5, 5.41) is 8.38. The molecule has 1 aromatic heterocycles. The lowest BCUT2D eigenvalue weighted by Gasteiger charge is -2.13. The highest BCUT2D eigenvalue weighted by molar-refractivity contribution is 6.30. The summed E-state index contributed by atoms with van der Waals surface area (Å²) in [6, 6.07) is 25.0. The van der Waals surface area contributed by atoms with Crippen molar-refractivity contribution < 1.29 is 4.79 Å². The van der Waals surface area contributed by atoms with Gasteiger partial charge in [0.15, 0.2) is 5.82 Å². The van der Waals surface area contributed by atoms with Gasteiger partial charge in [0.05, 0.1) is 0 Å². The van der Waals surface area contributed by atoms with Crippen LogP contribution in [0.25, 0.3) is 17.5 Å². The third-order valence-electron chi connectivity index (χ3n) is 5.04. The second-order valence-corrected chi connectivity index (χ2v) is 8.11. The Morgan fingerprint density at radius 2 is 1.70 bits per heavy atom. The van der Waals surface area contributed by atoms with Crippen molar-refractivity contribution in [3.63, 3.8) is 0 Å². The highest BCUT2D eigenvalue weighted by atomic mass is 35.5. The number of hydrogen-bond acceptors (Lipinski definition) is 5. The number of aromatic nitrogens is 3. The number of carbonyl (C=O) groups is 1. The molecule has 6 nitrogen and oxygen atoms in total. The van der Waals surface area contributed by atoms with Crippen LogP contribution in [0.3, 0.4) is 0 Å². The molecule has 3 aromatic carbocycles. The summed E-state index contributed by atoms with van der Waals surface area (Å²) in [6.07, 6.45) is 3.20. The summed E-state index contributed by atoms with van der Waals surface area (Å²) in [5.74, 6) is 0.565. The molecule has 0 amide bonds. The minimum Gasteiger partial charge on any atom is -0.378 e. The fourth-order valence-corrected chi connectivity index (χ4v) is 3.32. The van der Waals surface area contributed by atoms with Gasteiger partial charge in [-0.25, -0.2) is 0 Å². The average molecular weight is 458 g/mol. The van der Waals surface area contributed by atoms with Gasteiger partial charge in [-0.2, -0.15) is 9.67 Å². The molecule has 0 aliphatic rings. The highest BCUT2D eigenvalue weighted by Gasteiger charge is 2.15. The van der Waals surface area contributed by atoms with Crippen LogP contribution < -0.4 is 10.2 Å². The van der Waals surface area contributed by atoms with Crippen molar-refractivity contribution in [2.24, 2.45) is 0 Å². The van der Waals surface area contributed by atoms with E-state index in [0.717, 1.165) is 22.4 Å². The SMILES string of the molecule is CN(C)c1ccc(CNc2nc(-c3ccccc3)nn2C(=O)C=Cc2ccc(Cl)cc2)cc1. The smallest absolute Gasteiger partial charge is 0.274 e. The van der Waals surface area contributed by atoms with Crippen LogP contribution in [-0.2, 0) is 6.54 Å². The maximum absolute atomic E-state index is 13.0. The van der Waals surface area contributed by atoms with Crippen molar-refractivity contribution in [3.05, 3.63) is 101 Å². The Bertz CT molecular complexity index is 1250. The number of benzene rings is 3. The van der Waals surface area contributed by atoms with Crippen molar-refractivity contribution in [3.8, 4) is 11.4 Å². The van der Waals surface area contributed by atoms with Gasteiger partial charge >= 0.3 is 0 Å². The molecule has 1 heterocycles. The number of halogens is 1. The number of rotatable bonds is 7. The second kappa shape index (κ2) is 10.1. The largest absolute Gasteiger partial charge is 0.378 e. The summed E-state index contributed by atoms with van der Waals surface area (Å²) in [7, 11) is 4.01. The van der Waals surface area contributed by atoms with E-state index in [4.69, 9.17) is 11.6 Å². The van der Waals surface area contributed by atoms with Gasteiger partial charge < -0.3 is 10.2 Å². The number of allylic oxidation sites excluding steroid dienone is 1. The molecule has 7 heteroatoms. The lowest BCUT2D eigenvalue weighted by molar-refractivity contribution is 0.0957. The van der Waals surface area contributed by atoms with E-state index in [9.17, 15) is 4.79 Å². The van der Waals surface area contributed by atoms with E-state index in [1.54, 1.807) is 18.2 Å². The van der Waals surface area contributed by atoms with Crippen LogP contribution in [0.2, 0.25) is 5.02 Å². The van der Waals surface area contributed by atoms with E-state index < -0.39 is 0 Å². The third kappa shape index (κ3) is 5.67. The number of hydrogen-bond donors (Lipinski definition) is 1. The molecule has 0 bridgehead atoms. The van der Waals surface area contributed by atoms with Crippen LogP contribution in [0.1, 0.15) is 15.9 Å². The molecular formula is C26H24ClN5O. The zero-order valence-electron chi connectivity index (χ0n) is 18.4. The number of nitrogens with zero attached hydrogens (tertiary/aromatic N) is 4. The monoisotopic (exact) mass is 457 g/mol. The Morgan fingerprint density at radius 1 is 1.00 bits per heavy atom. The molecule has 0 spiro atoms. The van der Waals surface area contributed by atoms with Crippen molar-refractivity contribution in [1.82, 2.24) is 14.8 Å². The van der Waals surface area contributed by atoms with Crippen molar-refractivity contribution in [2.45, 2.75) is 6.54 Å². The third-order valence-corrected chi connectivity index (χ3v) is 5.29. The maximum atomic E-state index is 13.0. The molecule has 166 valence electrons. The van der Waals surface area contributed by atoms with Gasteiger partial charge in [0.1, 0.15) is 0 Å². The van der Waals surface area contributed by atoms with E-state index in [1.807, 2.05) is 73.6 Å². The Hall–Kier alpha value is -3.90. The Kier molecular flexibility index (Phi) is 6.86. The summed E-state index contributed by atoms with van der Waals surface area (Å²) < 4.78 is 1.29. The predicted octanol–water partition coefficient (Wildman–Crippen LogP) is 5.63. The first-order chi connectivity index (χ1) is 16.0. The van der Waals surface area contributed by atoms with Crippen LogP contribution >= 0.6 is 11.6 Å². The van der Waals surface area contributed by atoms with E-state index in [2.05, 4.69) is 27.5 Å². The molecule has 0 saturated heterocycles. The molecule has 4 rings (SSSR count). The summed E-state index contributed by atoms with van der Waals surface area (Å²) >= 11 is 5.94. The lowest BCUT2D eigenvalue weighted by atomic mass is 10.2. The Labute approximate surface area is 198 Å². The molecule has 0 aliphatic carbocycles. The van der Waals surface area contributed by atoms with Gasteiger partial charge in [-0.15, -0.1) is 5.10 Å². The van der Waals surface area contributed by atoms with Gasteiger partial charge in [0.2, 0.25) is 5.95 Å². The zero-order chi connectivity index (χ0) is 23.2. The van der Waals surface area contributed by atoms with Crippen LogP contribution in [0, 0.1) is 0 Å². The number of nitrogens with one attached hydrogen (secondary N) is 1. The molecule has 0 unspecified atom stereocenters. The van der Waals surface area contributed by atoms with Crippen LogP contribution in [0.15, 0.2) is 84.9 Å². The quantitative estimate of drug-likeness (QED) is 0.364. The molecule has 0 aliphatic heterocycles. The summed E-state index contributed by atoms with van der Waals surface area (Å²) in [5.41, 5.74) is 3.90. The fraction of sp³-hybridized carbons (Fsp3) is 0.115. The first-order valence-electron chi connectivity index (χ1n) is 10.5. The van der Waals surface area contributed by atoms with Crippen LogP contribution in [0.4, 0.5) is 11.6 Å². The molecule has 33 heavy (non-hydrogen) atoms. The predicted molar refractivity (Wildman–Crippen MR) is 135 cm³/mol. The number of carbonyl (C=O) groups excluding carboxylic acids is 1. The molecule has 0 fully saturated rings. The zero-order valence-corrected chi connectivity index (χ0v) is 19.2. The van der Waals surface area contributed by atoms with Gasteiger partial charge in [-0.05, 0) is 41.5 Å². The van der Waals surface area contributed by atoms with Crippen LogP contribution in [-0.4, -0.2) is 34.8 Å². The first kappa shape index (κ1) is 22.3.